The highest BCUT2D eigenvalue weighted by Gasteiger charge is 2.34. The molecule has 0 fully saturated rings. The maximum absolute atomic E-state index is 12.9. The Morgan fingerprint density at radius 2 is 2.00 bits per heavy atom. The summed E-state index contributed by atoms with van der Waals surface area (Å²) in [6.07, 6.45) is -1.57. The van der Waals surface area contributed by atoms with Crippen LogP contribution in [0.2, 0.25) is 5.02 Å². The van der Waals surface area contributed by atoms with Crippen LogP contribution in [-0.4, -0.2) is 29.3 Å². The molecule has 11 heteroatoms. The number of aromatic nitrogens is 6. The van der Waals surface area contributed by atoms with E-state index in [0.717, 1.165) is 6.07 Å². The fraction of sp³-hybridized carbons (Fsp3) is 0.176. The second-order valence-electron chi connectivity index (χ2n) is 6.14. The number of hydrogen-bond acceptors (Lipinski definition) is 5. The standard InChI is InChI=1S/C17H13ClF3N7/c1-9-4-14(17(19,20)21)26-28(9)11-3-2-10(12(18)5-11)7-27-15-13(25-16(27)22)6-23-8-24-15/h2-6,8H,7H2,1H3,(H2,22,25). The van der Waals surface area contributed by atoms with Crippen LogP contribution in [0.25, 0.3) is 16.9 Å². The SMILES string of the molecule is Cc1cc(C(F)(F)F)nn1-c1ccc(Cn2c(N)nc3cncnc32)c(Cl)c1. The van der Waals surface area contributed by atoms with E-state index >= 15 is 0 Å². The van der Waals surface area contributed by atoms with Crippen molar-refractivity contribution in [2.24, 2.45) is 0 Å². The van der Waals surface area contributed by atoms with Gasteiger partial charge in [-0.1, -0.05) is 17.7 Å². The van der Waals surface area contributed by atoms with Gasteiger partial charge in [0.15, 0.2) is 11.3 Å². The highest BCUT2D eigenvalue weighted by Crippen LogP contribution is 2.30. The predicted molar refractivity (Wildman–Crippen MR) is 97.2 cm³/mol. The first-order valence-electron chi connectivity index (χ1n) is 8.08. The number of nitrogen functional groups attached to an aromatic ring is 1. The quantitative estimate of drug-likeness (QED) is 0.560. The van der Waals surface area contributed by atoms with Crippen LogP contribution in [-0.2, 0) is 12.7 Å². The number of benzene rings is 1. The van der Waals surface area contributed by atoms with Gasteiger partial charge >= 0.3 is 6.18 Å². The number of rotatable bonds is 3. The molecule has 0 bridgehead atoms. The Balaban J connectivity index is 1.69. The number of imidazole rings is 1. The van der Waals surface area contributed by atoms with Crippen LogP contribution >= 0.6 is 11.6 Å². The Kier molecular flexibility index (Phi) is 4.22. The Morgan fingerprint density at radius 1 is 1.21 bits per heavy atom. The summed E-state index contributed by atoms with van der Waals surface area (Å²) in [5, 5.41) is 3.99. The molecule has 144 valence electrons. The maximum Gasteiger partial charge on any atom is 0.435 e. The molecule has 0 aliphatic carbocycles. The molecule has 0 aliphatic rings. The third kappa shape index (κ3) is 3.15. The van der Waals surface area contributed by atoms with Crippen LogP contribution in [0.1, 0.15) is 17.0 Å². The number of alkyl halides is 3. The summed E-state index contributed by atoms with van der Waals surface area (Å²) in [4.78, 5) is 12.3. The van der Waals surface area contributed by atoms with Gasteiger partial charge < -0.3 is 5.73 Å². The molecule has 3 aromatic heterocycles. The summed E-state index contributed by atoms with van der Waals surface area (Å²) in [6.45, 7) is 1.84. The molecule has 3 heterocycles. The number of anilines is 1. The molecule has 0 amide bonds. The van der Waals surface area contributed by atoms with Crippen molar-refractivity contribution < 1.29 is 13.2 Å². The molecule has 0 atom stereocenters. The molecule has 7 nitrogen and oxygen atoms in total. The van der Waals surface area contributed by atoms with Crippen LogP contribution in [0, 0.1) is 6.92 Å². The van der Waals surface area contributed by atoms with Crippen molar-refractivity contribution in [3.63, 3.8) is 0 Å². The van der Waals surface area contributed by atoms with Gasteiger partial charge in [-0.2, -0.15) is 18.3 Å². The first-order valence-corrected chi connectivity index (χ1v) is 8.46. The van der Waals surface area contributed by atoms with Crippen LogP contribution in [0.5, 0.6) is 0 Å². The molecular formula is C17H13ClF3N7. The molecular weight excluding hydrogens is 395 g/mol. The van der Waals surface area contributed by atoms with Crippen molar-refractivity contribution >= 4 is 28.7 Å². The van der Waals surface area contributed by atoms with E-state index < -0.39 is 11.9 Å². The summed E-state index contributed by atoms with van der Waals surface area (Å²) in [7, 11) is 0. The molecule has 0 unspecified atom stereocenters. The first kappa shape index (κ1) is 18.2. The fourth-order valence-corrected chi connectivity index (χ4v) is 3.13. The highest BCUT2D eigenvalue weighted by atomic mass is 35.5. The lowest BCUT2D eigenvalue weighted by atomic mass is 10.2. The molecule has 0 radical (unpaired) electrons. The number of nitrogens with two attached hydrogens (primary N) is 1. The van der Waals surface area contributed by atoms with Crippen LogP contribution in [0.3, 0.4) is 0 Å². The Hall–Kier alpha value is -3.14. The molecule has 2 N–H and O–H groups in total. The monoisotopic (exact) mass is 407 g/mol. The van der Waals surface area contributed by atoms with Gasteiger partial charge in [-0.3, -0.25) is 4.57 Å². The minimum atomic E-state index is -4.51. The lowest BCUT2D eigenvalue weighted by Gasteiger charge is -2.11. The number of hydrogen-bond donors (Lipinski definition) is 1. The molecule has 28 heavy (non-hydrogen) atoms. The third-order valence-electron chi connectivity index (χ3n) is 4.23. The zero-order valence-corrected chi connectivity index (χ0v) is 15.2. The molecule has 4 rings (SSSR count). The summed E-state index contributed by atoms with van der Waals surface area (Å²) in [5.41, 5.74) is 7.59. The van der Waals surface area contributed by atoms with Crippen molar-refractivity contribution in [2.45, 2.75) is 19.6 Å². The Morgan fingerprint density at radius 3 is 2.68 bits per heavy atom. The van der Waals surface area contributed by atoms with E-state index in [-0.39, 0.29) is 5.95 Å². The molecule has 4 aromatic rings. The van der Waals surface area contributed by atoms with E-state index in [9.17, 15) is 13.2 Å². The summed E-state index contributed by atoms with van der Waals surface area (Å²) in [5.74, 6) is 0.258. The lowest BCUT2D eigenvalue weighted by molar-refractivity contribution is -0.141. The second kappa shape index (κ2) is 6.48. The van der Waals surface area contributed by atoms with Crippen molar-refractivity contribution in [3.05, 3.63) is 58.8 Å². The Bertz CT molecular complexity index is 1180. The highest BCUT2D eigenvalue weighted by molar-refractivity contribution is 6.31. The predicted octanol–water partition coefficient (Wildman–Crippen LogP) is 3.62. The van der Waals surface area contributed by atoms with Crippen molar-refractivity contribution in [1.82, 2.24) is 29.3 Å². The molecule has 0 spiro atoms. The van der Waals surface area contributed by atoms with E-state index in [4.69, 9.17) is 17.3 Å². The molecule has 0 saturated heterocycles. The zero-order chi connectivity index (χ0) is 20.1. The first-order chi connectivity index (χ1) is 13.2. The van der Waals surface area contributed by atoms with E-state index in [1.54, 1.807) is 35.9 Å². The summed E-state index contributed by atoms with van der Waals surface area (Å²) in [6, 6.07) is 5.89. The van der Waals surface area contributed by atoms with E-state index in [1.807, 2.05) is 0 Å². The minimum Gasteiger partial charge on any atom is -0.369 e. The number of fused-ring (bicyclic) bond motifs is 1. The van der Waals surface area contributed by atoms with E-state index in [0.29, 0.717) is 39.7 Å². The largest absolute Gasteiger partial charge is 0.435 e. The lowest BCUT2D eigenvalue weighted by Crippen LogP contribution is -2.08. The second-order valence-corrected chi connectivity index (χ2v) is 6.55. The zero-order valence-electron chi connectivity index (χ0n) is 14.4. The summed E-state index contributed by atoms with van der Waals surface area (Å²) < 4.78 is 41.5. The van der Waals surface area contributed by atoms with E-state index in [2.05, 4.69) is 20.1 Å². The molecule has 1 aromatic carbocycles. The minimum absolute atomic E-state index is 0.258. The van der Waals surface area contributed by atoms with Crippen LogP contribution < -0.4 is 5.73 Å². The van der Waals surface area contributed by atoms with Crippen molar-refractivity contribution in [3.8, 4) is 5.69 Å². The smallest absolute Gasteiger partial charge is 0.369 e. The van der Waals surface area contributed by atoms with E-state index in [1.165, 1.54) is 11.0 Å². The van der Waals surface area contributed by atoms with Gasteiger partial charge in [-0.15, -0.1) is 0 Å². The number of halogens is 4. The summed E-state index contributed by atoms with van der Waals surface area (Å²) >= 11 is 6.38. The topological polar surface area (TPSA) is 87.4 Å². The van der Waals surface area contributed by atoms with Gasteiger partial charge in [0, 0.05) is 10.7 Å². The van der Waals surface area contributed by atoms with Gasteiger partial charge in [0.25, 0.3) is 0 Å². The average Bonchev–Trinajstić information content (AvgIpc) is 3.17. The normalized spacial score (nSPS) is 12.0. The van der Waals surface area contributed by atoms with Gasteiger partial charge in [-0.05, 0) is 30.7 Å². The third-order valence-corrected chi connectivity index (χ3v) is 4.58. The van der Waals surface area contributed by atoms with Gasteiger partial charge in [0.2, 0.25) is 5.95 Å². The average molecular weight is 408 g/mol. The fourth-order valence-electron chi connectivity index (χ4n) is 2.89. The van der Waals surface area contributed by atoms with Crippen LogP contribution in [0.15, 0.2) is 36.8 Å². The number of nitrogens with zero attached hydrogens (tertiary/aromatic N) is 6. The van der Waals surface area contributed by atoms with Gasteiger partial charge in [0.05, 0.1) is 18.4 Å². The molecule has 0 aliphatic heterocycles. The van der Waals surface area contributed by atoms with Crippen LogP contribution in [0.4, 0.5) is 19.1 Å². The van der Waals surface area contributed by atoms with Crippen molar-refractivity contribution in [2.75, 3.05) is 5.73 Å². The molecule has 0 saturated carbocycles. The maximum atomic E-state index is 12.9. The van der Waals surface area contributed by atoms with Gasteiger partial charge in [0.1, 0.15) is 11.8 Å². The van der Waals surface area contributed by atoms with Crippen molar-refractivity contribution in [1.29, 1.82) is 0 Å². The Labute approximate surface area is 161 Å². The van der Waals surface area contributed by atoms with Gasteiger partial charge in [-0.25, -0.2) is 19.6 Å². The number of aryl methyl sites for hydroxylation is 1.